The summed E-state index contributed by atoms with van der Waals surface area (Å²) in [6, 6.07) is 4.03. The molecule has 7 nitrogen and oxygen atoms in total. The third-order valence-electron chi connectivity index (χ3n) is 4.56. The van der Waals surface area contributed by atoms with Crippen LogP contribution in [0.4, 0.5) is 0 Å². The minimum absolute atomic E-state index is 0.0346. The van der Waals surface area contributed by atoms with Crippen LogP contribution in [0.25, 0.3) is 11.4 Å². The van der Waals surface area contributed by atoms with Crippen LogP contribution in [0.15, 0.2) is 29.9 Å². The van der Waals surface area contributed by atoms with Crippen LogP contribution in [0.5, 0.6) is 0 Å². The van der Waals surface area contributed by atoms with Gasteiger partial charge in [-0.1, -0.05) is 0 Å². The second kappa shape index (κ2) is 7.33. The molecule has 1 aliphatic heterocycles. The molecule has 0 aliphatic carbocycles. The Kier molecular flexibility index (Phi) is 4.75. The van der Waals surface area contributed by atoms with Gasteiger partial charge in [0.15, 0.2) is 5.82 Å². The van der Waals surface area contributed by atoms with E-state index >= 15 is 0 Å². The number of amides is 1. The zero-order valence-electron chi connectivity index (χ0n) is 14.6. The number of hydrogen-bond donors (Lipinski definition) is 1. The molecule has 1 unspecified atom stereocenters. The standard InChI is InChI=1S/C18H20N6OS/c1-12-20-15(11-26-12)10-17(25)21-14-2-3-16-22-23-18(24(16)9-6-14)13-4-7-19-8-5-13/h4-5,7-8,11,14H,2-3,6,9-10H2,1H3,(H,21,25). The lowest BCUT2D eigenvalue weighted by Gasteiger charge is -2.16. The maximum Gasteiger partial charge on any atom is 0.226 e. The van der Waals surface area contributed by atoms with Crippen molar-refractivity contribution in [2.24, 2.45) is 0 Å². The molecule has 0 spiro atoms. The molecule has 0 saturated carbocycles. The number of pyridine rings is 1. The van der Waals surface area contributed by atoms with Crippen molar-refractivity contribution in [3.05, 3.63) is 46.4 Å². The predicted octanol–water partition coefficient (Wildman–Crippen LogP) is 2.17. The summed E-state index contributed by atoms with van der Waals surface area (Å²) in [5.41, 5.74) is 1.86. The van der Waals surface area contributed by atoms with Gasteiger partial charge in [-0.05, 0) is 31.9 Å². The van der Waals surface area contributed by atoms with Gasteiger partial charge in [-0.2, -0.15) is 0 Å². The van der Waals surface area contributed by atoms with Crippen LogP contribution < -0.4 is 5.32 Å². The van der Waals surface area contributed by atoms with E-state index in [2.05, 4.69) is 30.0 Å². The van der Waals surface area contributed by atoms with Gasteiger partial charge in [0.05, 0.1) is 17.1 Å². The SMILES string of the molecule is Cc1nc(CC(=O)NC2CCc3nnc(-c4ccncc4)n3CC2)cs1. The number of hydrogen-bond acceptors (Lipinski definition) is 6. The first-order valence-corrected chi connectivity index (χ1v) is 9.60. The van der Waals surface area contributed by atoms with Gasteiger partial charge in [-0.15, -0.1) is 21.5 Å². The van der Waals surface area contributed by atoms with Crippen molar-refractivity contribution in [3.8, 4) is 11.4 Å². The normalized spacial score (nSPS) is 16.7. The lowest BCUT2D eigenvalue weighted by molar-refractivity contribution is -0.121. The molecule has 0 radical (unpaired) electrons. The van der Waals surface area contributed by atoms with E-state index in [1.165, 1.54) is 0 Å². The van der Waals surface area contributed by atoms with Gasteiger partial charge in [-0.3, -0.25) is 9.78 Å². The van der Waals surface area contributed by atoms with E-state index in [9.17, 15) is 4.79 Å². The number of nitrogens with one attached hydrogen (secondary N) is 1. The average Bonchev–Trinajstić information content (AvgIpc) is 3.18. The minimum Gasteiger partial charge on any atom is -0.353 e. The molecule has 4 heterocycles. The fourth-order valence-electron chi connectivity index (χ4n) is 3.28. The predicted molar refractivity (Wildman–Crippen MR) is 98.7 cm³/mol. The number of rotatable bonds is 4. The highest BCUT2D eigenvalue weighted by molar-refractivity contribution is 7.09. The maximum atomic E-state index is 12.3. The molecule has 0 aromatic carbocycles. The van der Waals surface area contributed by atoms with Crippen molar-refractivity contribution in [2.75, 3.05) is 0 Å². The first-order chi connectivity index (χ1) is 12.7. The summed E-state index contributed by atoms with van der Waals surface area (Å²) >= 11 is 1.57. The fourth-order valence-corrected chi connectivity index (χ4v) is 3.89. The van der Waals surface area contributed by atoms with Crippen molar-refractivity contribution in [3.63, 3.8) is 0 Å². The summed E-state index contributed by atoms with van der Waals surface area (Å²) in [4.78, 5) is 20.7. The largest absolute Gasteiger partial charge is 0.353 e. The maximum absolute atomic E-state index is 12.3. The Hall–Kier alpha value is -2.61. The molecule has 0 saturated heterocycles. The Balaban J connectivity index is 1.41. The van der Waals surface area contributed by atoms with Crippen LogP contribution in [0.3, 0.4) is 0 Å². The number of carbonyl (C=O) groups is 1. The van der Waals surface area contributed by atoms with Crippen molar-refractivity contribution in [2.45, 2.75) is 45.2 Å². The van der Waals surface area contributed by atoms with Gasteiger partial charge < -0.3 is 9.88 Å². The van der Waals surface area contributed by atoms with Gasteiger partial charge in [-0.25, -0.2) is 4.98 Å². The quantitative estimate of drug-likeness (QED) is 0.763. The monoisotopic (exact) mass is 368 g/mol. The summed E-state index contributed by atoms with van der Waals surface area (Å²) in [5.74, 6) is 1.88. The number of thiazole rings is 1. The first-order valence-electron chi connectivity index (χ1n) is 8.72. The fraction of sp³-hybridized carbons (Fsp3) is 0.389. The summed E-state index contributed by atoms with van der Waals surface area (Å²) < 4.78 is 2.16. The van der Waals surface area contributed by atoms with Crippen LogP contribution in [0.1, 0.15) is 29.4 Å². The van der Waals surface area contributed by atoms with E-state index in [0.29, 0.717) is 6.42 Å². The van der Waals surface area contributed by atoms with Crippen molar-refractivity contribution in [1.29, 1.82) is 0 Å². The van der Waals surface area contributed by atoms with Crippen LogP contribution in [-0.2, 0) is 24.2 Å². The Labute approximate surface area is 155 Å². The molecule has 1 atom stereocenters. The van der Waals surface area contributed by atoms with Crippen LogP contribution in [0.2, 0.25) is 0 Å². The lowest BCUT2D eigenvalue weighted by Crippen LogP contribution is -2.36. The highest BCUT2D eigenvalue weighted by atomic mass is 32.1. The molecule has 0 fully saturated rings. The molecule has 3 aromatic rings. The zero-order chi connectivity index (χ0) is 17.9. The van der Waals surface area contributed by atoms with Gasteiger partial charge in [0.2, 0.25) is 5.91 Å². The Morgan fingerprint density at radius 2 is 2.15 bits per heavy atom. The molecule has 1 amide bonds. The molecule has 134 valence electrons. The zero-order valence-corrected chi connectivity index (χ0v) is 15.4. The van der Waals surface area contributed by atoms with Crippen LogP contribution in [0, 0.1) is 6.92 Å². The third kappa shape index (κ3) is 3.65. The Morgan fingerprint density at radius 1 is 1.31 bits per heavy atom. The number of nitrogens with zero attached hydrogens (tertiary/aromatic N) is 5. The molecular formula is C18H20N6OS. The minimum atomic E-state index is 0.0346. The van der Waals surface area contributed by atoms with E-state index in [1.54, 1.807) is 23.7 Å². The highest BCUT2D eigenvalue weighted by Gasteiger charge is 2.22. The molecule has 4 rings (SSSR count). The Bertz CT molecular complexity index is 904. The highest BCUT2D eigenvalue weighted by Crippen LogP contribution is 2.22. The van der Waals surface area contributed by atoms with E-state index in [-0.39, 0.29) is 11.9 Å². The summed E-state index contributed by atoms with van der Waals surface area (Å²) in [7, 11) is 0. The second-order valence-corrected chi connectivity index (χ2v) is 7.52. The first kappa shape index (κ1) is 16.8. The van der Waals surface area contributed by atoms with E-state index in [1.807, 2.05) is 24.4 Å². The molecule has 1 N–H and O–H groups in total. The lowest BCUT2D eigenvalue weighted by atomic mass is 10.1. The topological polar surface area (TPSA) is 85.6 Å². The van der Waals surface area contributed by atoms with Gasteiger partial charge >= 0.3 is 0 Å². The molecule has 0 bridgehead atoms. The Morgan fingerprint density at radius 3 is 2.92 bits per heavy atom. The van der Waals surface area contributed by atoms with E-state index < -0.39 is 0 Å². The van der Waals surface area contributed by atoms with E-state index in [4.69, 9.17) is 0 Å². The van der Waals surface area contributed by atoms with Crippen molar-refractivity contribution >= 4 is 17.2 Å². The van der Waals surface area contributed by atoms with Gasteiger partial charge in [0.1, 0.15) is 5.82 Å². The van der Waals surface area contributed by atoms with Gasteiger partial charge in [0, 0.05) is 42.3 Å². The third-order valence-corrected chi connectivity index (χ3v) is 5.38. The number of fused-ring (bicyclic) bond motifs is 1. The molecular weight excluding hydrogens is 348 g/mol. The smallest absolute Gasteiger partial charge is 0.226 e. The number of aromatic nitrogens is 5. The van der Waals surface area contributed by atoms with Crippen molar-refractivity contribution in [1.82, 2.24) is 30.0 Å². The summed E-state index contributed by atoms with van der Waals surface area (Å²) in [5, 5.41) is 14.8. The number of carbonyl (C=O) groups excluding carboxylic acids is 1. The summed E-state index contributed by atoms with van der Waals surface area (Å²) in [6.45, 7) is 2.74. The molecule has 26 heavy (non-hydrogen) atoms. The van der Waals surface area contributed by atoms with Crippen LogP contribution >= 0.6 is 11.3 Å². The summed E-state index contributed by atoms with van der Waals surface area (Å²) in [6.07, 6.45) is 6.41. The average molecular weight is 368 g/mol. The second-order valence-electron chi connectivity index (χ2n) is 6.45. The molecule has 8 heteroatoms. The van der Waals surface area contributed by atoms with Gasteiger partial charge in [0.25, 0.3) is 0 Å². The molecule has 1 aliphatic rings. The van der Waals surface area contributed by atoms with Crippen LogP contribution in [-0.4, -0.2) is 36.7 Å². The van der Waals surface area contributed by atoms with Crippen molar-refractivity contribution < 1.29 is 4.79 Å². The van der Waals surface area contributed by atoms with E-state index in [0.717, 1.165) is 53.7 Å². The number of aryl methyl sites for hydroxylation is 2. The molecule has 3 aromatic heterocycles.